The number of rotatable bonds is 4. The average molecular weight is 290 g/mol. The SMILES string of the molecule is CCc1cc(C(=O)NCc2ncccc2C)cc(Cl)n1. The molecular formula is C15H16ClN3O. The average Bonchev–Trinajstić information content (AvgIpc) is 2.45. The van der Waals surface area contributed by atoms with E-state index in [1.54, 1.807) is 18.3 Å². The summed E-state index contributed by atoms with van der Waals surface area (Å²) < 4.78 is 0. The van der Waals surface area contributed by atoms with Crippen LogP contribution in [0.2, 0.25) is 5.15 Å². The van der Waals surface area contributed by atoms with Gasteiger partial charge in [0, 0.05) is 17.5 Å². The molecule has 2 aromatic heterocycles. The number of hydrogen-bond acceptors (Lipinski definition) is 3. The number of nitrogens with one attached hydrogen (secondary N) is 1. The summed E-state index contributed by atoms with van der Waals surface area (Å²) in [6.45, 7) is 4.33. The largest absolute Gasteiger partial charge is 0.346 e. The molecule has 1 amide bonds. The molecule has 0 spiro atoms. The third kappa shape index (κ3) is 3.54. The van der Waals surface area contributed by atoms with Crippen molar-refractivity contribution < 1.29 is 4.79 Å². The Morgan fingerprint density at radius 2 is 2.20 bits per heavy atom. The quantitative estimate of drug-likeness (QED) is 0.881. The summed E-state index contributed by atoms with van der Waals surface area (Å²) in [5.74, 6) is -0.172. The van der Waals surface area contributed by atoms with Crippen LogP contribution in [-0.2, 0) is 13.0 Å². The van der Waals surface area contributed by atoms with Crippen molar-refractivity contribution in [1.29, 1.82) is 0 Å². The van der Waals surface area contributed by atoms with E-state index in [-0.39, 0.29) is 5.91 Å². The van der Waals surface area contributed by atoms with E-state index in [0.29, 0.717) is 17.3 Å². The fourth-order valence-electron chi connectivity index (χ4n) is 1.83. The minimum Gasteiger partial charge on any atom is -0.346 e. The fraction of sp³-hybridized carbons (Fsp3) is 0.267. The summed E-state index contributed by atoms with van der Waals surface area (Å²) in [6.07, 6.45) is 2.45. The smallest absolute Gasteiger partial charge is 0.251 e. The van der Waals surface area contributed by atoms with Crippen molar-refractivity contribution in [2.45, 2.75) is 26.8 Å². The van der Waals surface area contributed by atoms with Gasteiger partial charge in [-0.1, -0.05) is 24.6 Å². The topological polar surface area (TPSA) is 54.9 Å². The summed E-state index contributed by atoms with van der Waals surface area (Å²) in [4.78, 5) is 20.5. The summed E-state index contributed by atoms with van der Waals surface area (Å²) >= 11 is 5.91. The van der Waals surface area contributed by atoms with Crippen molar-refractivity contribution in [2.24, 2.45) is 0 Å². The van der Waals surface area contributed by atoms with Crippen LogP contribution in [-0.4, -0.2) is 15.9 Å². The molecule has 0 fully saturated rings. The van der Waals surface area contributed by atoms with Crippen LogP contribution in [0.25, 0.3) is 0 Å². The van der Waals surface area contributed by atoms with E-state index in [4.69, 9.17) is 11.6 Å². The zero-order valence-corrected chi connectivity index (χ0v) is 12.2. The molecule has 4 nitrogen and oxygen atoms in total. The Hall–Kier alpha value is -1.94. The minimum absolute atomic E-state index is 0.172. The van der Waals surface area contributed by atoms with E-state index in [0.717, 1.165) is 23.4 Å². The predicted molar refractivity (Wildman–Crippen MR) is 78.8 cm³/mol. The van der Waals surface area contributed by atoms with Crippen LogP contribution < -0.4 is 5.32 Å². The lowest BCUT2D eigenvalue weighted by Crippen LogP contribution is -2.24. The van der Waals surface area contributed by atoms with Gasteiger partial charge in [-0.05, 0) is 37.1 Å². The summed E-state index contributed by atoms with van der Waals surface area (Å²) in [6, 6.07) is 7.16. The Balaban J connectivity index is 2.09. The molecule has 0 aliphatic carbocycles. The van der Waals surface area contributed by atoms with Crippen molar-refractivity contribution >= 4 is 17.5 Å². The van der Waals surface area contributed by atoms with E-state index < -0.39 is 0 Å². The van der Waals surface area contributed by atoms with Crippen LogP contribution in [0, 0.1) is 6.92 Å². The van der Waals surface area contributed by atoms with Crippen molar-refractivity contribution in [2.75, 3.05) is 0 Å². The number of aromatic nitrogens is 2. The van der Waals surface area contributed by atoms with Gasteiger partial charge in [0.15, 0.2) is 0 Å². The highest BCUT2D eigenvalue weighted by atomic mass is 35.5. The van der Waals surface area contributed by atoms with Gasteiger partial charge in [0.1, 0.15) is 5.15 Å². The number of carbonyl (C=O) groups is 1. The first-order valence-corrected chi connectivity index (χ1v) is 6.83. The summed E-state index contributed by atoms with van der Waals surface area (Å²) in [7, 11) is 0. The van der Waals surface area contributed by atoms with Crippen molar-refractivity contribution in [3.05, 3.63) is 58.1 Å². The molecule has 0 unspecified atom stereocenters. The lowest BCUT2D eigenvalue weighted by atomic mass is 10.2. The maximum Gasteiger partial charge on any atom is 0.251 e. The third-order valence-corrected chi connectivity index (χ3v) is 3.20. The van der Waals surface area contributed by atoms with E-state index in [1.807, 2.05) is 26.0 Å². The number of pyridine rings is 2. The normalized spacial score (nSPS) is 10.3. The van der Waals surface area contributed by atoms with Gasteiger partial charge in [-0.15, -0.1) is 0 Å². The Labute approximate surface area is 123 Å². The van der Waals surface area contributed by atoms with E-state index in [2.05, 4.69) is 15.3 Å². The minimum atomic E-state index is -0.172. The first kappa shape index (κ1) is 14.5. The first-order chi connectivity index (χ1) is 9.60. The third-order valence-electron chi connectivity index (χ3n) is 3.01. The molecule has 104 valence electrons. The van der Waals surface area contributed by atoms with Crippen LogP contribution in [0.4, 0.5) is 0 Å². The van der Waals surface area contributed by atoms with Gasteiger partial charge >= 0.3 is 0 Å². The van der Waals surface area contributed by atoms with Crippen LogP contribution >= 0.6 is 11.6 Å². The predicted octanol–water partition coefficient (Wildman–Crippen LogP) is 2.93. The van der Waals surface area contributed by atoms with Gasteiger partial charge in [-0.3, -0.25) is 9.78 Å². The second-order valence-corrected chi connectivity index (χ2v) is 4.86. The first-order valence-electron chi connectivity index (χ1n) is 6.45. The Morgan fingerprint density at radius 1 is 1.40 bits per heavy atom. The van der Waals surface area contributed by atoms with Gasteiger partial charge < -0.3 is 5.32 Å². The molecule has 20 heavy (non-hydrogen) atoms. The summed E-state index contributed by atoms with van der Waals surface area (Å²) in [5.41, 5.74) is 3.23. The molecule has 5 heteroatoms. The highest BCUT2D eigenvalue weighted by Gasteiger charge is 2.09. The zero-order valence-electron chi connectivity index (χ0n) is 11.5. The highest BCUT2D eigenvalue weighted by molar-refractivity contribution is 6.29. The standard InChI is InChI=1S/C15H16ClN3O/c1-3-12-7-11(8-14(16)19-12)15(20)18-9-13-10(2)5-4-6-17-13/h4-8H,3,9H2,1-2H3,(H,18,20). The number of amides is 1. The maximum atomic E-state index is 12.1. The van der Waals surface area contributed by atoms with Crippen LogP contribution in [0.5, 0.6) is 0 Å². The fourth-order valence-corrected chi connectivity index (χ4v) is 2.06. The molecule has 0 aliphatic rings. The molecule has 2 aromatic rings. The number of aryl methyl sites for hydroxylation is 2. The Kier molecular flexibility index (Phi) is 4.69. The van der Waals surface area contributed by atoms with E-state index in [9.17, 15) is 4.79 Å². The molecule has 0 saturated heterocycles. The second-order valence-electron chi connectivity index (χ2n) is 4.47. The Morgan fingerprint density at radius 3 is 2.90 bits per heavy atom. The molecule has 0 radical (unpaired) electrons. The lowest BCUT2D eigenvalue weighted by Gasteiger charge is -2.08. The molecule has 0 saturated carbocycles. The van der Waals surface area contributed by atoms with E-state index >= 15 is 0 Å². The van der Waals surface area contributed by atoms with Crippen molar-refractivity contribution in [3.63, 3.8) is 0 Å². The Bertz CT molecular complexity index is 628. The van der Waals surface area contributed by atoms with E-state index in [1.165, 1.54) is 0 Å². The molecule has 0 bridgehead atoms. The van der Waals surface area contributed by atoms with Gasteiger partial charge in [0.2, 0.25) is 0 Å². The van der Waals surface area contributed by atoms with Gasteiger partial charge in [-0.25, -0.2) is 4.98 Å². The number of nitrogens with zero attached hydrogens (tertiary/aromatic N) is 2. The van der Waals surface area contributed by atoms with Gasteiger partial charge in [0.05, 0.1) is 12.2 Å². The van der Waals surface area contributed by atoms with Gasteiger partial charge in [0.25, 0.3) is 5.91 Å². The van der Waals surface area contributed by atoms with Gasteiger partial charge in [-0.2, -0.15) is 0 Å². The number of halogens is 1. The maximum absolute atomic E-state index is 12.1. The highest BCUT2D eigenvalue weighted by Crippen LogP contribution is 2.12. The summed E-state index contributed by atoms with van der Waals surface area (Å²) in [5, 5.41) is 3.18. The molecule has 2 rings (SSSR count). The molecule has 0 aliphatic heterocycles. The molecule has 1 N–H and O–H groups in total. The lowest BCUT2D eigenvalue weighted by molar-refractivity contribution is 0.0950. The monoisotopic (exact) mass is 289 g/mol. The zero-order chi connectivity index (χ0) is 14.5. The molecule has 2 heterocycles. The second kappa shape index (κ2) is 6.48. The van der Waals surface area contributed by atoms with Crippen LogP contribution in [0.3, 0.4) is 0 Å². The number of carbonyl (C=O) groups excluding carboxylic acids is 1. The van der Waals surface area contributed by atoms with Crippen molar-refractivity contribution in [3.8, 4) is 0 Å². The molecule has 0 aromatic carbocycles. The molecular weight excluding hydrogens is 274 g/mol. The number of hydrogen-bond donors (Lipinski definition) is 1. The molecule has 0 atom stereocenters. The van der Waals surface area contributed by atoms with Crippen LogP contribution in [0.15, 0.2) is 30.5 Å². The van der Waals surface area contributed by atoms with Crippen LogP contribution in [0.1, 0.15) is 34.2 Å². The van der Waals surface area contributed by atoms with Crippen molar-refractivity contribution in [1.82, 2.24) is 15.3 Å².